The zero-order valence-corrected chi connectivity index (χ0v) is 11.0. The molecule has 0 bridgehead atoms. The molecule has 0 heterocycles. The van der Waals surface area contributed by atoms with E-state index in [4.69, 9.17) is 0 Å². The molecule has 0 fully saturated rings. The average molecular weight is 246 g/mol. The zero-order valence-electron chi connectivity index (χ0n) is 11.0. The first-order chi connectivity index (χ1) is 8.56. The number of ketones is 1. The van der Waals surface area contributed by atoms with Gasteiger partial charge in [0.05, 0.1) is 7.11 Å². The molecule has 0 aromatic heterocycles. The summed E-state index contributed by atoms with van der Waals surface area (Å²) >= 11 is 0. The molecule has 1 aromatic rings. The fraction of sp³-hybridized carbons (Fsp3) is 0.333. The van der Waals surface area contributed by atoms with Crippen LogP contribution in [0.3, 0.4) is 0 Å². The highest BCUT2D eigenvalue weighted by molar-refractivity contribution is 5.98. The number of carbonyl (C=O) groups excluding carboxylic acids is 2. The third-order valence-corrected chi connectivity index (χ3v) is 2.87. The summed E-state index contributed by atoms with van der Waals surface area (Å²) < 4.78 is 4.62. The SMILES string of the molecule is COC(=O)C(C/C=C(\C)c1ccccc1)C(C)=O. The van der Waals surface area contributed by atoms with Gasteiger partial charge in [-0.1, -0.05) is 36.4 Å². The van der Waals surface area contributed by atoms with E-state index in [0.717, 1.165) is 11.1 Å². The molecule has 1 aromatic carbocycles. The predicted octanol–water partition coefficient (Wildman–Crippen LogP) is 2.86. The van der Waals surface area contributed by atoms with Crippen LogP contribution >= 0.6 is 0 Å². The molecule has 18 heavy (non-hydrogen) atoms. The van der Waals surface area contributed by atoms with Crippen molar-refractivity contribution in [3.05, 3.63) is 42.0 Å². The minimum absolute atomic E-state index is 0.168. The number of esters is 1. The van der Waals surface area contributed by atoms with E-state index in [2.05, 4.69) is 4.74 Å². The van der Waals surface area contributed by atoms with Crippen molar-refractivity contribution in [1.29, 1.82) is 0 Å². The number of rotatable bonds is 5. The molecule has 0 radical (unpaired) electrons. The lowest BCUT2D eigenvalue weighted by atomic mass is 9.98. The Kier molecular flexibility index (Phi) is 5.31. The summed E-state index contributed by atoms with van der Waals surface area (Å²) in [7, 11) is 1.30. The maximum atomic E-state index is 11.4. The fourth-order valence-electron chi connectivity index (χ4n) is 1.68. The molecular formula is C15H18O3. The van der Waals surface area contributed by atoms with Crippen LogP contribution in [0.5, 0.6) is 0 Å². The topological polar surface area (TPSA) is 43.4 Å². The van der Waals surface area contributed by atoms with Gasteiger partial charge in [0.25, 0.3) is 0 Å². The first-order valence-corrected chi connectivity index (χ1v) is 5.86. The second-order valence-corrected chi connectivity index (χ2v) is 4.18. The number of Topliss-reactive ketones (excluding diaryl/α,β-unsaturated/α-hetero) is 1. The van der Waals surface area contributed by atoms with Crippen molar-refractivity contribution in [2.75, 3.05) is 7.11 Å². The highest BCUT2D eigenvalue weighted by Crippen LogP contribution is 2.17. The number of benzene rings is 1. The van der Waals surface area contributed by atoms with Gasteiger partial charge in [-0.3, -0.25) is 9.59 Å². The molecule has 0 saturated carbocycles. The maximum absolute atomic E-state index is 11.4. The van der Waals surface area contributed by atoms with Crippen molar-refractivity contribution in [2.45, 2.75) is 20.3 Å². The van der Waals surface area contributed by atoms with Crippen molar-refractivity contribution in [2.24, 2.45) is 5.92 Å². The molecule has 0 aliphatic rings. The van der Waals surface area contributed by atoms with E-state index in [1.54, 1.807) is 0 Å². The van der Waals surface area contributed by atoms with Crippen LogP contribution < -0.4 is 0 Å². The Morgan fingerprint density at radius 3 is 2.33 bits per heavy atom. The van der Waals surface area contributed by atoms with Crippen molar-refractivity contribution in [3.8, 4) is 0 Å². The van der Waals surface area contributed by atoms with Gasteiger partial charge >= 0.3 is 5.97 Å². The molecule has 0 aliphatic carbocycles. The first kappa shape index (κ1) is 14.2. The van der Waals surface area contributed by atoms with Crippen molar-refractivity contribution >= 4 is 17.3 Å². The Morgan fingerprint density at radius 1 is 1.22 bits per heavy atom. The number of methoxy groups -OCH3 is 1. The second-order valence-electron chi connectivity index (χ2n) is 4.18. The highest BCUT2D eigenvalue weighted by atomic mass is 16.5. The molecule has 3 heteroatoms. The van der Waals surface area contributed by atoms with Crippen LogP contribution in [0.15, 0.2) is 36.4 Å². The van der Waals surface area contributed by atoms with Crippen LogP contribution in [0.1, 0.15) is 25.8 Å². The van der Waals surface area contributed by atoms with E-state index in [-0.39, 0.29) is 5.78 Å². The molecule has 1 rings (SSSR count). The molecule has 0 aliphatic heterocycles. The van der Waals surface area contributed by atoms with Gasteiger partial charge < -0.3 is 4.74 Å². The summed E-state index contributed by atoms with van der Waals surface area (Å²) in [6.45, 7) is 3.37. The lowest BCUT2D eigenvalue weighted by molar-refractivity contribution is -0.148. The van der Waals surface area contributed by atoms with E-state index in [9.17, 15) is 9.59 Å². The molecule has 0 spiro atoms. The van der Waals surface area contributed by atoms with E-state index in [1.807, 2.05) is 43.3 Å². The van der Waals surface area contributed by atoms with E-state index in [1.165, 1.54) is 14.0 Å². The van der Waals surface area contributed by atoms with Crippen LogP contribution in [0.4, 0.5) is 0 Å². The maximum Gasteiger partial charge on any atom is 0.316 e. The van der Waals surface area contributed by atoms with Crippen molar-refractivity contribution < 1.29 is 14.3 Å². The molecule has 0 N–H and O–H groups in total. The first-order valence-electron chi connectivity index (χ1n) is 5.86. The molecular weight excluding hydrogens is 228 g/mol. The number of allylic oxidation sites excluding steroid dienone is 2. The summed E-state index contributed by atoms with van der Waals surface area (Å²) in [6, 6.07) is 9.84. The number of carbonyl (C=O) groups is 2. The molecule has 1 atom stereocenters. The van der Waals surface area contributed by atoms with E-state index in [0.29, 0.717) is 6.42 Å². The average Bonchev–Trinajstić information content (AvgIpc) is 2.39. The quantitative estimate of drug-likeness (QED) is 0.592. The Hall–Kier alpha value is -1.90. The zero-order chi connectivity index (χ0) is 13.5. The van der Waals surface area contributed by atoms with Crippen LogP contribution in [0.25, 0.3) is 5.57 Å². The number of hydrogen-bond acceptors (Lipinski definition) is 3. The molecule has 1 unspecified atom stereocenters. The summed E-state index contributed by atoms with van der Waals surface area (Å²) in [5, 5.41) is 0. The van der Waals surface area contributed by atoms with Gasteiger partial charge in [0.1, 0.15) is 11.7 Å². The monoisotopic (exact) mass is 246 g/mol. The summed E-state index contributed by atoms with van der Waals surface area (Å²) in [5.74, 6) is -1.34. The van der Waals surface area contributed by atoms with Crippen LogP contribution in [-0.4, -0.2) is 18.9 Å². The van der Waals surface area contributed by atoms with Crippen LogP contribution in [-0.2, 0) is 14.3 Å². The van der Waals surface area contributed by atoms with Crippen LogP contribution in [0, 0.1) is 5.92 Å². The largest absolute Gasteiger partial charge is 0.468 e. The normalized spacial score (nSPS) is 12.9. The minimum Gasteiger partial charge on any atom is -0.468 e. The second kappa shape index (κ2) is 6.74. The number of hydrogen-bond donors (Lipinski definition) is 0. The Bertz CT molecular complexity index is 446. The Morgan fingerprint density at radius 2 is 1.83 bits per heavy atom. The Balaban J connectivity index is 2.78. The predicted molar refractivity (Wildman–Crippen MR) is 70.9 cm³/mol. The van der Waals surface area contributed by atoms with Gasteiger partial charge in [0.15, 0.2) is 0 Å². The molecule has 0 amide bonds. The van der Waals surface area contributed by atoms with Gasteiger partial charge in [-0.25, -0.2) is 0 Å². The standard InChI is InChI=1S/C15H18O3/c1-11(13-7-5-4-6-8-13)9-10-14(12(2)16)15(17)18-3/h4-9,14H,10H2,1-3H3/b11-9+. The third kappa shape index (κ3) is 3.84. The van der Waals surface area contributed by atoms with Gasteiger partial charge in [-0.15, -0.1) is 0 Å². The van der Waals surface area contributed by atoms with Gasteiger partial charge in [0, 0.05) is 0 Å². The molecule has 0 saturated heterocycles. The lowest BCUT2D eigenvalue weighted by Crippen LogP contribution is -2.22. The van der Waals surface area contributed by atoms with E-state index >= 15 is 0 Å². The minimum atomic E-state index is -0.700. The van der Waals surface area contributed by atoms with Crippen molar-refractivity contribution in [3.63, 3.8) is 0 Å². The van der Waals surface area contributed by atoms with Gasteiger partial charge in [-0.2, -0.15) is 0 Å². The summed E-state index contributed by atoms with van der Waals surface area (Å²) in [5.41, 5.74) is 2.13. The number of ether oxygens (including phenoxy) is 1. The van der Waals surface area contributed by atoms with Crippen molar-refractivity contribution in [1.82, 2.24) is 0 Å². The lowest BCUT2D eigenvalue weighted by Gasteiger charge is -2.09. The summed E-state index contributed by atoms with van der Waals surface area (Å²) in [4.78, 5) is 22.8. The van der Waals surface area contributed by atoms with E-state index < -0.39 is 11.9 Å². The summed E-state index contributed by atoms with van der Waals surface area (Å²) in [6.07, 6.45) is 2.28. The smallest absolute Gasteiger partial charge is 0.316 e. The molecule has 96 valence electrons. The third-order valence-electron chi connectivity index (χ3n) is 2.87. The van der Waals surface area contributed by atoms with Gasteiger partial charge in [-0.05, 0) is 31.4 Å². The van der Waals surface area contributed by atoms with Crippen LogP contribution in [0.2, 0.25) is 0 Å². The highest BCUT2D eigenvalue weighted by Gasteiger charge is 2.22. The Labute approximate surface area is 107 Å². The van der Waals surface area contributed by atoms with Gasteiger partial charge in [0.2, 0.25) is 0 Å². The fourth-order valence-corrected chi connectivity index (χ4v) is 1.68. The molecule has 3 nitrogen and oxygen atoms in total.